The number of para-hydroxylation sites is 1. The Morgan fingerprint density at radius 3 is 2.39 bits per heavy atom. The Kier molecular flexibility index (Phi) is 13.9. The van der Waals surface area contributed by atoms with Crippen LogP contribution in [0.5, 0.6) is 17.4 Å². The summed E-state index contributed by atoms with van der Waals surface area (Å²) < 4.78 is 30.8. The first-order valence-electron chi connectivity index (χ1n) is 21.8. The second-order valence-electron chi connectivity index (χ2n) is 16.9. The van der Waals surface area contributed by atoms with E-state index in [0.717, 1.165) is 82.9 Å². The molecule has 1 atom stereocenters. The highest BCUT2D eigenvalue weighted by Crippen LogP contribution is 2.40. The van der Waals surface area contributed by atoms with Crippen molar-refractivity contribution in [2.24, 2.45) is 0 Å². The summed E-state index contributed by atoms with van der Waals surface area (Å²) in [6.45, 7) is 11.0. The molecule has 3 N–H and O–H groups in total. The van der Waals surface area contributed by atoms with Gasteiger partial charge in [0.15, 0.2) is 17.4 Å². The molecule has 0 radical (unpaired) electrons. The van der Waals surface area contributed by atoms with Crippen molar-refractivity contribution in [3.8, 4) is 17.4 Å². The third-order valence-electron chi connectivity index (χ3n) is 12.4. The van der Waals surface area contributed by atoms with Crippen molar-refractivity contribution in [1.29, 1.82) is 0 Å². The number of hydrogen-bond acceptors (Lipinski definition) is 15. The quantitative estimate of drug-likeness (QED) is 0.0729. The molecule has 3 fully saturated rings. The summed E-state index contributed by atoms with van der Waals surface area (Å²) in [5.41, 5.74) is 2.56. The molecule has 6 heterocycles. The van der Waals surface area contributed by atoms with Crippen molar-refractivity contribution in [2.75, 3.05) is 95.5 Å². The fourth-order valence-corrected chi connectivity index (χ4v) is 10.3. The number of unbranched alkanes of at least 4 members (excludes halogenated alkanes) is 1. The van der Waals surface area contributed by atoms with Gasteiger partial charge in [0.25, 0.3) is 5.91 Å². The van der Waals surface area contributed by atoms with Gasteiger partial charge in [-0.25, -0.2) is 4.98 Å². The Bertz CT molecular complexity index is 2420. The molecule has 0 aliphatic carbocycles. The smallest absolute Gasteiger partial charge is 0.255 e. The molecule has 340 valence electrons. The number of amides is 3. The number of hydrogen-bond donors (Lipinski definition) is 3. The zero-order chi connectivity index (χ0) is 45.0. The summed E-state index contributed by atoms with van der Waals surface area (Å²) in [5, 5.41) is 9.82. The predicted molar refractivity (Wildman–Crippen MR) is 247 cm³/mol. The number of rotatable bonds is 16. The van der Waals surface area contributed by atoms with E-state index in [1.165, 1.54) is 6.20 Å². The molecule has 1 unspecified atom stereocenters. The maximum Gasteiger partial charge on any atom is 0.255 e. The molecular formula is C45H56ClN10O7P. The van der Waals surface area contributed by atoms with Gasteiger partial charge in [0.1, 0.15) is 29.6 Å². The van der Waals surface area contributed by atoms with Crippen LogP contribution >= 0.6 is 18.7 Å². The third kappa shape index (κ3) is 10.1. The lowest BCUT2D eigenvalue weighted by molar-refractivity contribution is -0.136. The van der Waals surface area contributed by atoms with Gasteiger partial charge in [0.2, 0.25) is 23.6 Å². The van der Waals surface area contributed by atoms with Gasteiger partial charge in [-0.05, 0) is 76.2 Å². The zero-order valence-corrected chi connectivity index (χ0v) is 38.4. The van der Waals surface area contributed by atoms with Gasteiger partial charge in [-0.15, -0.1) is 0 Å². The van der Waals surface area contributed by atoms with Crippen LogP contribution in [0.4, 0.5) is 29.0 Å². The topological polar surface area (TPSA) is 184 Å². The fraction of sp³-hybridized carbons (Fsp3) is 0.467. The maximum absolute atomic E-state index is 13.2. The van der Waals surface area contributed by atoms with Crippen molar-refractivity contribution in [3.05, 3.63) is 70.9 Å². The summed E-state index contributed by atoms with van der Waals surface area (Å²) in [6.07, 6.45) is 5.96. The molecule has 64 heavy (non-hydrogen) atoms. The lowest BCUT2D eigenvalue weighted by Crippen LogP contribution is -2.53. The molecule has 0 bridgehead atoms. The minimum absolute atomic E-state index is 0.195. The summed E-state index contributed by atoms with van der Waals surface area (Å²) in [6, 6.07) is 14.6. The molecule has 3 amide bonds. The van der Waals surface area contributed by atoms with Gasteiger partial charge in [0.05, 0.1) is 39.3 Å². The first-order valence-corrected chi connectivity index (χ1v) is 24.8. The van der Waals surface area contributed by atoms with Crippen LogP contribution < -0.4 is 40.4 Å². The lowest BCUT2D eigenvalue weighted by Gasteiger charge is -2.43. The van der Waals surface area contributed by atoms with Crippen LogP contribution in [-0.2, 0) is 20.7 Å². The van der Waals surface area contributed by atoms with E-state index in [9.17, 15) is 18.9 Å². The molecule has 0 saturated carbocycles. The zero-order valence-electron chi connectivity index (χ0n) is 36.8. The predicted octanol–water partition coefficient (Wildman–Crippen LogP) is 5.48. The van der Waals surface area contributed by atoms with E-state index in [-0.39, 0.29) is 24.2 Å². The second kappa shape index (κ2) is 19.7. The van der Waals surface area contributed by atoms with Crippen LogP contribution in [0, 0.1) is 0 Å². The van der Waals surface area contributed by atoms with E-state index < -0.39 is 19.1 Å². The van der Waals surface area contributed by atoms with Crippen molar-refractivity contribution >= 4 is 70.7 Å². The van der Waals surface area contributed by atoms with E-state index in [2.05, 4.69) is 40.6 Å². The van der Waals surface area contributed by atoms with Crippen molar-refractivity contribution in [1.82, 2.24) is 35.0 Å². The van der Waals surface area contributed by atoms with Gasteiger partial charge in [-0.1, -0.05) is 29.8 Å². The number of carbonyl (C=O) groups excluding carboxylic acids is 3. The maximum atomic E-state index is 13.2. The fourth-order valence-electron chi connectivity index (χ4n) is 9.01. The Labute approximate surface area is 378 Å². The van der Waals surface area contributed by atoms with Crippen LogP contribution in [0.1, 0.15) is 54.4 Å². The second-order valence-corrected chi connectivity index (χ2v) is 20.5. The molecule has 4 aromatic rings. The molecule has 3 saturated heterocycles. The number of benzene rings is 2. The number of piperazine rings is 1. The number of carbonyl (C=O) groups is 3. The molecule has 17 nitrogen and oxygen atoms in total. The lowest BCUT2D eigenvalue weighted by atomic mass is 10.0. The van der Waals surface area contributed by atoms with E-state index in [1.807, 2.05) is 42.5 Å². The average molecular weight is 915 g/mol. The van der Waals surface area contributed by atoms with Crippen molar-refractivity contribution in [3.63, 3.8) is 0 Å². The number of pyridine rings is 1. The van der Waals surface area contributed by atoms with Crippen LogP contribution in [0.25, 0.3) is 0 Å². The van der Waals surface area contributed by atoms with E-state index in [4.69, 9.17) is 30.8 Å². The highest BCUT2D eigenvalue weighted by molar-refractivity contribution is 7.70. The number of imide groups is 1. The van der Waals surface area contributed by atoms with Crippen LogP contribution in [0.2, 0.25) is 5.02 Å². The van der Waals surface area contributed by atoms with Crippen molar-refractivity contribution in [2.45, 2.75) is 57.2 Å². The largest absolute Gasteiger partial charge is 0.493 e. The number of aromatic nitrogens is 3. The van der Waals surface area contributed by atoms with Gasteiger partial charge < -0.3 is 44.1 Å². The highest BCUT2D eigenvalue weighted by atomic mass is 35.5. The van der Waals surface area contributed by atoms with Gasteiger partial charge in [0, 0.05) is 74.2 Å². The van der Waals surface area contributed by atoms with Gasteiger partial charge in [-0.2, -0.15) is 9.97 Å². The third-order valence-corrected chi connectivity index (χ3v) is 14.3. The minimum Gasteiger partial charge on any atom is -0.493 e. The number of piperidine rings is 2. The Morgan fingerprint density at radius 2 is 1.66 bits per heavy atom. The minimum atomic E-state index is -2.58. The molecule has 4 aliphatic rings. The monoisotopic (exact) mass is 914 g/mol. The van der Waals surface area contributed by atoms with E-state index in [0.29, 0.717) is 76.1 Å². The molecule has 2 aromatic heterocycles. The standard InChI is InChI=1S/C45H56ClN10O7P/c1-61-37-26-34(49-45-47-27-32(46)40(51-45)48-33-11-5-6-13-38(33)64(3,4)60)43(62-2)52-41(37)55-19-16-29(17-20-55)54-23-21-53(22-24-54)18-7-8-25-63-36-12-9-10-30-31(36)28-56(44(30)59)35-14-15-39(57)50-42(35)58/h5-6,9-13,26-27,29,35H,7-8,14-25,28H2,1-4H3,(H,50,57,58)(H2,47,48,49,51). The number of anilines is 5. The molecular weight excluding hydrogens is 859 g/mol. The number of halogens is 1. The van der Waals surface area contributed by atoms with E-state index in [1.54, 1.807) is 38.5 Å². The number of fused-ring (bicyclic) bond motifs is 1. The number of nitrogens with one attached hydrogen (secondary N) is 3. The van der Waals surface area contributed by atoms with Crippen LogP contribution in [-0.4, -0.2) is 139 Å². The molecule has 19 heteroatoms. The van der Waals surface area contributed by atoms with Crippen LogP contribution in [0.3, 0.4) is 0 Å². The number of methoxy groups -OCH3 is 2. The first-order chi connectivity index (χ1) is 30.9. The van der Waals surface area contributed by atoms with Gasteiger partial charge in [-0.3, -0.25) is 24.6 Å². The number of ether oxygens (including phenoxy) is 3. The molecule has 2 aromatic carbocycles. The summed E-state index contributed by atoms with van der Waals surface area (Å²) >= 11 is 6.50. The Hall–Kier alpha value is -5.48. The molecule has 4 aliphatic heterocycles. The first kappa shape index (κ1) is 45.1. The van der Waals surface area contributed by atoms with Gasteiger partial charge >= 0.3 is 0 Å². The van der Waals surface area contributed by atoms with Crippen molar-refractivity contribution < 1.29 is 33.2 Å². The molecule has 8 rings (SSSR count). The van der Waals surface area contributed by atoms with Crippen LogP contribution in [0.15, 0.2) is 54.7 Å². The summed E-state index contributed by atoms with van der Waals surface area (Å²) in [7, 11) is 0.628. The van der Waals surface area contributed by atoms with E-state index >= 15 is 0 Å². The Balaban J connectivity index is 0.789. The normalized spacial score (nSPS) is 18.8. The molecule has 0 spiro atoms. The highest BCUT2D eigenvalue weighted by Gasteiger charge is 2.40. The average Bonchev–Trinajstić information content (AvgIpc) is 3.63. The SMILES string of the molecule is COc1cc(Nc2ncc(Cl)c(Nc3ccccc3P(C)(C)=O)n2)c(OC)nc1N1CCC(N2CCN(CCCCOc3cccc4c3CN(C3CCC(=O)NC3=O)C4=O)CC2)CC1. The summed E-state index contributed by atoms with van der Waals surface area (Å²) in [5.74, 6) is 2.09. The number of nitrogens with zero attached hydrogens (tertiary/aromatic N) is 7. The summed E-state index contributed by atoms with van der Waals surface area (Å²) in [4.78, 5) is 60.2. The Morgan fingerprint density at radius 1 is 0.875 bits per heavy atom.